The van der Waals surface area contributed by atoms with Crippen LogP contribution in [-0.4, -0.2) is 31.3 Å². The lowest BCUT2D eigenvalue weighted by Gasteiger charge is -2.27. The van der Waals surface area contributed by atoms with Gasteiger partial charge in [-0.3, -0.25) is 9.36 Å². The number of halogens is 1. The van der Waals surface area contributed by atoms with Gasteiger partial charge >= 0.3 is 0 Å². The number of carbonyl (C=O) groups is 1. The molecule has 0 fully saturated rings. The molecule has 1 atom stereocenters. The van der Waals surface area contributed by atoms with Crippen LogP contribution in [0.25, 0.3) is 16.6 Å². The normalized spacial score (nSPS) is 15.9. The smallest absolute Gasteiger partial charge is 0.253 e. The van der Waals surface area contributed by atoms with Crippen LogP contribution in [-0.2, 0) is 13.0 Å². The van der Waals surface area contributed by atoms with Crippen molar-refractivity contribution in [1.29, 1.82) is 0 Å². The van der Waals surface area contributed by atoms with Crippen LogP contribution in [0.2, 0.25) is 5.02 Å². The van der Waals surface area contributed by atoms with Gasteiger partial charge in [-0.05, 0) is 62.6 Å². The second-order valence-electron chi connectivity index (χ2n) is 7.95. The Morgan fingerprint density at radius 1 is 1.13 bits per heavy atom. The van der Waals surface area contributed by atoms with E-state index in [1.54, 1.807) is 29.4 Å². The number of aromatic nitrogens is 4. The number of hydrogen-bond acceptors (Lipinski definition) is 3. The van der Waals surface area contributed by atoms with Crippen molar-refractivity contribution < 1.29 is 4.79 Å². The molecule has 1 aliphatic heterocycles. The molecule has 3 heterocycles. The molecule has 0 spiro atoms. The van der Waals surface area contributed by atoms with Gasteiger partial charge in [-0.1, -0.05) is 23.2 Å². The van der Waals surface area contributed by atoms with Gasteiger partial charge < -0.3 is 9.88 Å². The van der Waals surface area contributed by atoms with Crippen LogP contribution in [0.4, 0.5) is 0 Å². The van der Waals surface area contributed by atoms with Crippen molar-refractivity contribution >= 4 is 28.4 Å². The van der Waals surface area contributed by atoms with Crippen LogP contribution in [0.15, 0.2) is 49.1 Å². The molecule has 0 bridgehead atoms. The van der Waals surface area contributed by atoms with E-state index in [2.05, 4.69) is 52.1 Å². The molecule has 1 aliphatic rings. The highest BCUT2D eigenvalue weighted by Gasteiger charge is 2.25. The largest absolute Gasteiger partial charge is 0.347 e. The average Bonchev–Trinajstić information content (AvgIpc) is 3.36. The molecule has 5 rings (SSSR count). The van der Waals surface area contributed by atoms with E-state index in [0.29, 0.717) is 10.6 Å². The zero-order valence-electron chi connectivity index (χ0n) is 16.9. The number of hydrogen-bond donors (Lipinski definition) is 1. The van der Waals surface area contributed by atoms with Gasteiger partial charge in [0.1, 0.15) is 12.7 Å². The Morgan fingerprint density at radius 3 is 2.70 bits per heavy atom. The van der Waals surface area contributed by atoms with Gasteiger partial charge in [-0.25, -0.2) is 0 Å². The van der Waals surface area contributed by atoms with Crippen molar-refractivity contribution in [1.82, 2.24) is 24.6 Å². The molecule has 7 heteroatoms. The van der Waals surface area contributed by atoms with Gasteiger partial charge in [0, 0.05) is 34.9 Å². The van der Waals surface area contributed by atoms with Crippen molar-refractivity contribution in [2.75, 3.05) is 0 Å². The molecule has 6 nitrogen and oxygen atoms in total. The maximum atomic E-state index is 12.9. The van der Waals surface area contributed by atoms with Gasteiger partial charge in [0.15, 0.2) is 0 Å². The minimum absolute atomic E-state index is 0.0647. The Labute approximate surface area is 179 Å². The molecule has 0 saturated heterocycles. The first-order chi connectivity index (χ1) is 14.5. The quantitative estimate of drug-likeness (QED) is 0.540. The molecule has 0 saturated carbocycles. The van der Waals surface area contributed by atoms with E-state index in [4.69, 9.17) is 11.6 Å². The highest BCUT2D eigenvalue weighted by Crippen LogP contribution is 2.31. The molecule has 152 valence electrons. The lowest BCUT2D eigenvalue weighted by Crippen LogP contribution is -2.41. The third-order valence-corrected chi connectivity index (χ3v) is 6.30. The number of amides is 1. The summed E-state index contributed by atoms with van der Waals surface area (Å²) in [7, 11) is 0. The molecule has 4 aromatic rings. The van der Waals surface area contributed by atoms with E-state index in [1.807, 2.05) is 6.07 Å². The summed E-state index contributed by atoms with van der Waals surface area (Å²) in [6.45, 7) is 5.09. The SMILES string of the molecule is Cc1ccc2c(c1)c(C)c1n2CC(NC(=O)c2ccc(-n3cnnc3)cc2Cl)CC1. The van der Waals surface area contributed by atoms with E-state index in [0.717, 1.165) is 25.1 Å². The first-order valence-corrected chi connectivity index (χ1v) is 10.4. The second-order valence-corrected chi connectivity index (χ2v) is 8.35. The summed E-state index contributed by atoms with van der Waals surface area (Å²) < 4.78 is 4.10. The number of nitrogens with one attached hydrogen (secondary N) is 1. The van der Waals surface area contributed by atoms with Gasteiger partial charge in [0.25, 0.3) is 5.91 Å². The molecular formula is C23H22ClN5O. The predicted octanol–water partition coefficient (Wildman–Crippen LogP) is 4.24. The topological polar surface area (TPSA) is 64.7 Å². The van der Waals surface area contributed by atoms with Crippen LogP contribution in [0.1, 0.15) is 33.6 Å². The second kappa shape index (κ2) is 7.29. The number of benzene rings is 2. The summed E-state index contributed by atoms with van der Waals surface area (Å²) in [5.41, 5.74) is 6.52. The van der Waals surface area contributed by atoms with Crippen molar-refractivity contribution in [3.63, 3.8) is 0 Å². The Balaban J connectivity index is 1.37. The van der Waals surface area contributed by atoms with Crippen molar-refractivity contribution in [3.05, 3.63) is 76.5 Å². The summed E-state index contributed by atoms with van der Waals surface area (Å²) in [5, 5.41) is 12.5. The molecule has 1 unspecified atom stereocenters. The summed E-state index contributed by atoms with van der Waals surface area (Å²) in [6, 6.07) is 12.0. The fourth-order valence-corrected chi connectivity index (χ4v) is 4.67. The molecular weight excluding hydrogens is 398 g/mol. The average molecular weight is 420 g/mol. The predicted molar refractivity (Wildman–Crippen MR) is 117 cm³/mol. The van der Waals surface area contributed by atoms with Crippen LogP contribution >= 0.6 is 11.6 Å². The highest BCUT2D eigenvalue weighted by molar-refractivity contribution is 6.34. The van der Waals surface area contributed by atoms with E-state index < -0.39 is 0 Å². The lowest BCUT2D eigenvalue weighted by molar-refractivity contribution is 0.0928. The molecule has 0 aliphatic carbocycles. The van der Waals surface area contributed by atoms with Crippen LogP contribution in [0.3, 0.4) is 0 Å². The van der Waals surface area contributed by atoms with Crippen LogP contribution < -0.4 is 5.32 Å². The fraction of sp³-hybridized carbons (Fsp3) is 0.261. The Bertz CT molecular complexity index is 1260. The third kappa shape index (κ3) is 3.17. The van der Waals surface area contributed by atoms with Crippen LogP contribution in [0, 0.1) is 13.8 Å². The first-order valence-electron chi connectivity index (χ1n) is 10.0. The molecule has 1 N–H and O–H groups in total. The Kier molecular flexibility index (Phi) is 4.59. The maximum absolute atomic E-state index is 12.9. The standard InChI is InChI=1S/C23H22ClN5O/c1-14-3-7-22-19(9-14)15(2)21-8-4-16(11-29(21)22)27-23(30)18-6-5-17(10-20(18)24)28-12-25-26-13-28/h3,5-7,9-10,12-13,16H,4,8,11H2,1-2H3,(H,27,30). The lowest BCUT2D eigenvalue weighted by atomic mass is 10.0. The van der Waals surface area contributed by atoms with Crippen molar-refractivity contribution in [2.45, 2.75) is 39.3 Å². The van der Waals surface area contributed by atoms with E-state index in [1.165, 1.54) is 27.7 Å². The minimum atomic E-state index is -0.146. The van der Waals surface area contributed by atoms with E-state index >= 15 is 0 Å². The molecule has 2 aromatic heterocycles. The number of rotatable bonds is 3. The van der Waals surface area contributed by atoms with Gasteiger partial charge in [0.2, 0.25) is 0 Å². The van der Waals surface area contributed by atoms with Crippen LogP contribution in [0.5, 0.6) is 0 Å². The summed E-state index contributed by atoms with van der Waals surface area (Å²) in [4.78, 5) is 12.9. The van der Waals surface area contributed by atoms with Gasteiger partial charge in [-0.2, -0.15) is 0 Å². The maximum Gasteiger partial charge on any atom is 0.253 e. The Hall–Kier alpha value is -3.12. The molecule has 1 amide bonds. The van der Waals surface area contributed by atoms with Crippen molar-refractivity contribution in [2.24, 2.45) is 0 Å². The number of aryl methyl sites for hydroxylation is 2. The number of nitrogens with zero attached hydrogens (tertiary/aromatic N) is 4. The van der Waals surface area contributed by atoms with Gasteiger partial charge in [0.05, 0.1) is 10.6 Å². The van der Waals surface area contributed by atoms with E-state index in [-0.39, 0.29) is 11.9 Å². The third-order valence-electron chi connectivity index (χ3n) is 5.99. The number of carbonyl (C=O) groups excluding carboxylic acids is 1. The number of fused-ring (bicyclic) bond motifs is 3. The summed E-state index contributed by atoms with van der Waals surface area (Å²) >= 11 is 6.42. The van der Waals surface area contributed by atoms with Gasteiger partial charge in [-0.15, -0.1) is 10.2 Å². The summed E-state index contributed by atoms with van der Waals surface area (Å²) in [6.07, 6.45) is 5.05. The Morgan fingerprint density at radius 2 is 1.93 bits per heavy atom. The molecule has 30 heavy (non-hydrogen) atoms. The molecule has 0 radical (unpaired) electrons. The zero-order chi connectivity index (χ0) is 20.8. The monoisotopic (exact) mass is 419 g/mol. The molecule has 2 aromatic carbocycles. The minimum Gasteiger partial charge on any atom is -0.347 e. The highest BCUT2D eigenvalue weighted by atomic mass is 35.5. The van der Waals surface area contributed by atoms with Crippen molar-refractivity contribution in [3.8, 4) is 5.69 Å². The van der Waals surface area contributed by atoms with E-state index in [9.17, 15) is 4.79 Å². The fourth-order valence-electron chi connectivity index (χ4n) is 4.41. The zero-order valence-corrected chi connectivity index (χ0v) is 17.6. The summed E-state index contributed by atoms with van der Waals surface area (Å²) in [5.74, 6) is -0.146. The first kappa shape index (κ1) is 18.9.